The Bertz CT molecular complexity index is 269. The summed E-state index contributed by atoms with van der Waals surface area (Å²) >= 11 is 5.77. The molecular weight excluding hydrogens is 178 g/mol. The zero-order valence-corrected chi connectivity index (χ0v) is 7.58. The average Bonchev–Trinajstić information content (AvgIpc) is 2.32. The molecule has 4 nitrogen and oxygen atoms in total. The van der Waals surface area contributed by atoms with Crippen molar-refractivity contribution in [2.45, 2.75) is 18.7 Å². The smallest absolute Gasteiger partial charge is 0.318 e. The van der Waals surface area contributed by atoms with Gasteiger partial charge in [-0.05, 0) is 13.3 Å². The summed E-state index contributed by atoms with van der Waals surface area (Å²) in [4.78, 5) is 2.04. The maximum Gasteiger partial charge on any atom is 0.318 e. The predicted octanol–water partition coefficient (Wildman–Crippen LogP) is 1.58. The lowest BCUT2D eigenvalue weighted by atomic mass is 10.2. The highest BCUT2D eigenvalue weighted by molar-refractivity contribution is 6.20. The number of hydrogen-bond acceptors (Lipinski definition) is 4. The molecule has 0 saturated carbocycles. The van der Waals surface area contributed by atoms with E-state index < -0.39 is 0 Å². The van der Waals surface area contributed by atoms with Crippen molar-refractivity contribution >= 4 is 17.6 Å². The Morgan fingerprint density at radius 3 is 2.67 bits per heavy atom. The van der Waals surface area contributed by atoms with E-state index in [-0.39, 0.29) is 5.38 Å². The van der Waals surface area contributed by atoms with E-state index >= 15 is 0 Å². The van der Waals surface area contributed by atoms with Gasteiger partial charge in [0.15, 0.2) is 0 Å². The number of halogens is 1. The first-order chi connectivity index (χ1) is 5.77. The Hall–Kier alpha value is -0.770. The van der Waals surface area contributed by atoms with Gasteiger partial charge in [-0.3, -0.25) is 0 Å². The lowest BCUT2D eigenvalue weighted by Crippen LogP contribution is -2.37. The van der Waals surface area contributed by atoms with Gasteiger partial charge in [0.1, 0.15) is 5.38 Å². The van der Waals surface area contributed by atoms with E-state index in [9.17, 15) is 0 Å². The molecule has 1 aliphatic heterocycles. The highest BCUT2D eigenvalue weighted by Gasteiger charge is 2.21. The fourth-order valence-corrected chi connectivity index (χ4v) is 1.11. The summed E-state index contributed by atoms with van der Waals surface area (Å²) in [7, 11) is 0. The van der Waals surface area contributed by atoms with Gasteiger partial charge in [0.2, 0.25) is 5.89 Å². The molecule has 5 heteroatoms. The minimum Gasteiger partial charge on any atom is -0.406 e. The van der Waals surface area contributed by atoms with Crippen molar-refractivity contribution in [1.29, 1.82) is 0 Å². The Morgan fingerprint density at radius 2 is 2.25 bits per heavy atom. The fourth-order valence-electron chi connectivity index (χ4n) is 1.02. The molecule has 0 aromatic carbocycles. The van der Waals surface area contributed by atoms with Gasteiger partial charge in [-0.25, -0.2) is 0 Å². The Labute approximate surface area is 75.5 Å². The van der Waals surface area contributed by atoms with Crippen LogP contribution in [-0.4, -0.2) is 23.3 Å². The quantitative estimate of drug-likeness (QED) is 0.660. The third-order valence-electron chi connectivity index (χ3n) is 1.90. The Kier molecular flexibility index (Phi) is 1.92. The van der Waals surface area contributed by atoms with Crippen LogP contribution in [0.1, 0.15) is 24.6 Å². The normalized spacial score (nSPS) is 19.0. The third-order valence-corrected chi connectivity index (χ3v) is 2.08. The Morgan fingerprint density at radius 1 is 1.50 bits per heavy atom. The van der Waals surface area contributed by atoms with Crippen molar-refractivity contribution in [3.8, 4) is 0 Å². The predicted molar refractivity (Wildman–Crippen MR) is 45.4 cm³/mol. The SMILES string of the molecule is CC(Cl)c1nnc(N2CCC2)o1. The molecule has 0 bridgehead atoms. The maximum absolute atomic E-state index is 5.77. The van der Waals surface area contributed by atoms with Crippen molar-refractivity contribution in [2.24, 2.45) is 0 Å². The largest absolute Gasteiger partial charge is 0.406 e. The topological polar surface area (TPSA) is 42.2 Å². The molecule has 1 unspecified atom stereocenters. The molecule has 2 heterocycles. The van der Waals surface area contributed by atoms with Gasteiger partial charge in [-0.1, -0.05) is 5.10 Å². The van der Waals surface area contributed by atoms with E-state index in [1.807, 2.05) is 11.8 Å². The summed E-state index contributed by atoms with van der Waals surface area (Å²) in [6, 6.07) is 0.601. The minimum absolute atomic E-state index is 0.201. The van der Waals surface area contributed by atoms with Crippen molar-refractivity contribution in [3.63, 3.8) is 0 Å². The van der Waals surface area contributed by atoms with E-state index in [4.69, 9.17) is 16.0 Å². The second-order valence-electron chi connectivity index (χ2n) is 2.88. The number of hydrogen-bond donors (Lipinski definition) is 0. The van der Waals surface area contributed by atoms with Gasteiger partial charge in [0.05, 0.1) is 0 Å². The monoisotopic (exact) mass is 187 g/mol. The number of nitrogens with zero attached hydrogens (tertiary/aromatic N) is 3. The van der Waals surface area contributed by atoms with E-state index in [2.05, 4.69) is 10.2 Å². The summed E-state index contributed by atoms with van der Waals surface area (Å²) in [5.74, 6) is 0.499. The highest BCUT2D eigenvalue weighted by Crippen LogP contribution is 2.23. The summed E-state index contributed by atoms with van der Waals surface area (Å²) in [6.07, 6.45) is 1.20. The van der Waals surface area contributed by atoms with Crippen molar-refractivity contribution in [1.82, 2.24) is 10.2 Å². The summed E-state index contributed by atoms with van der Waals surface area (Å²) in [6.45, 7) is 3.84. The van der Waals surface area contributed by atoms with Crippen LogP contribution >= 0.6 is 11.6 Å². The molecule has 1 aromatic heterocycles. The van der Waals surface area contributed by atoms with Crippen LogP contribution < -0.4 is 4.90 Å². The molecule has 0 amide bonds. The van der Waals surface area contributed by atoms with Crippen molar-refractivity contribution < 1.29 is 4.42 Å². The van der Waals surface area contributed by atoms with Gasteiger partial charge in [0, 0.05) is 13.1 Å². The standard InChI is InChI=1S/C7H10ClN3O/c1-5(8)6-9-10-7(12-6)11-3-2-4-11/h5H,2-4H2,1H3. The first-order valence-corrected chi connectivity index (χ1v) is 4.43. The summed E-state index contributed by atoms with van der Waals surface area (Å²) in [5.41, 5.74) is 0. The van der Waals surface area contributed by atoms with Crippen LogP contribution in [0.3, 0.4) is 0 Å². The van der Waals surface area contributed by atoms with Gasteiger partial charge in [-0.15, -0.1) is 16.7 Å². The molecule has 0 spiro atoms. The molecule has 1 aromatic rings. The van der Waals surface area contributed by atoms with Crippen molar-refractivity contribution in [2.75, 3.05) is 18.0 Å². The number of aromatic nitrogens is 2. The second-order valence-corrected chi connectivity index (χ2v) is 3.53. The van der Waals surface area contributed by atoms with Crippen molar-refractivity contribution in [3.05, 3.63) is 5.89 Å². The highest BCUT2D eigenvalue weighted by atomic mass is 35.5. The maximum atomic E-state index is 5.77. The molecule has 1 fully saturated rings. The molecule has 0 radical (unpaired) electrons. The van der Waals surface area contributed by atoms with Crippen LogP contribution in [0.5, 0.6) is 0 Å². The number of anilines is 1. The van der Waals surface area contributed by atoms with Gasteiger partial charge < -0.3 is 9.32 Å². The Balaban J connectivity index is 2.12. The third kappa shape index (κ3) is 1.27. The minimum atomic E-state index is -0.201. The second kappa shape index (κ2) is 2.94. The number of rotatable bonds is 2. The lowest BCUT2D eigenvalue weighted by molar-refractivity contribution is 0.457. The van der Waals surface area contributed by atoms with Crippen LogP contribution in [-0.2, 0) is 0 Å². The van der Waals surface area contributed by atoms with Crippen LogP contribution in [0.2, 0.25) is 0 Å². The van der Waals surface area contributed by atoms with E-state index in [1.54, 1.807) is 0 Å². The first-order valence-electron chi connectivity index (χ1n) is 4.00. The molecule has 1 saturated heterocycles. The molecular formula is C7H10ClN3O. The molecule has 1 aliphatic rings. The van der Waals surface area contributed by atoms with Crippen LogP contribution in [0.4, 0.5) is 6.01 Å². The van der Waals surface area contributed by atoms with Gasteiger partial charge in [-0.2, -0.15) is 0 Å². The van der Waals surface area contributed by atoms with E-state index in [1.165, 1.54) is 6.42 Å². The molecule has 2 rings (SSSR count). The van der Waals surface area contributed by atoms with Crippen LogP contribution in [0, 0.1) is 0 Å². The number of alkyl halides is 1. The zero-order chi connectivity index (χ0) is 8.55. The molecule has 66 valence electrons. The van der Waals surface area contributed by atoms with E-state index in [0.717, 1.165) is 13.1 Å². The zero-order valence-electron chi connectivity index (χ0n) is 6.83. The summed E-state index contributed by atoms with van der Waals surface area (Å²) < 4.78 is 5.32. The summed E-state index contributed by atoms with van der Waals surface area (Å²) in [5, 5.41) is 7.51. The van der Waals surface area contributed by atoms with Crippen LogP contribution in [0.25, 0.3) is 0 Å². The molecule has 12 heavy (non-hydrogen) atoms. The fraction of sp³-hybridized carbons (Fsp3) is 0.714. The van der Waals surface area contributed by atoms with Gasteiger partial charge >= 0.3 is 6.01 Å². The molecule has 0 N–H and O–H groups in total. The van der Waals surface area contributed by atoms with Crippen LogP contribution in [0.15, 0.2) is 4.42 Å². The lowest BCUT2D eigenvalue weighted by Gasteiger charge is -2.28. The molecule has 0 aliphatic carbocycles. The first kappa shape index (κ1) is 7.86. The molecule has 1 atom stereocenters. The van der Waals surface area contributed by atoms with Gasteiger partial charge in [0.25, 0.3) is 0 Å². The van der Waals surface area contributed by atoms with E-state index in [0.29, 0.717) is 11.9 Å². The average molecular weight is 188 g/mol.